The average Bonchev–Trinajstić information content (AvgIpc) is 2.98. The molecule has 1 aromatic carbocycles. The maximum absolute atomic E-state index is 10.2. The van der Waals surface area contributed by atoms with E-state index in [0.717, 1.165) is 29.8 Å². The molecule has 2 N–H and O–H groups in total. The van der Waals surface area contributed by atoms with E-state index in [1.54, 1.807) is 18.6 Å². The largest absolute Gasteiger partial charge is 0.472 e. The van der Waals surface area contributed by atoms with E-state index in [1.165, 1.54) is 5.56 Å². The van der Waals surface area contributed by atoms with Gasteiger partial charge in [0, 0.05) is 23.4 Å². The molecular formula is C13H13NO2. The van der Waals surface area contributed by atoms with Gasteiger partial charge < -0.3 is 14.8 Å². The van der Waals surface area contributed by atoms with Crippen molar-refractivity contribution in [2.45, 2.75) is 12.5 Å². The molecule has 0 fully saturated rings. The van der Waals surface area contributed by atoms with Crippen LogP contribution >= 0.6 is 0 Å². The fourth-order valence-electron chi connectivity index (χ4n) is 2.20. The summed E-state index contributed by atoms with van der Waals surface area (Å²) in [5.41, 5.74) is 4.08. The van der Waals surface area contributed by atoms with Crippen LogP contribution in [0, 0.1) is 0 Å². The monoisotopic (exact) mass is 215 g/mol. The highest BCUT2D eigenvalue weighted by Gasteiger charge is 2.20. The smallest absolute Gasteiger partial charge is 0.109 e. The summed E-state index contributed by atoms with van der Waals surface area (Å²) in [7, 11) is 0. The van der Waals surface area contributed by atoms with Gasteiger partial charge >= 0.3 is 0 Å². The van der Waals surface area contributed by atoms with Crippen LogP contribution in [-0.4, -0.2) is 11.7 Å². The number of nitrogens with one attached hydrogen (secondary N) is 1. The highest BCUT2D eigenvalue weighted by atomic mass is 16.3. The Hall–Kier alpha value is -1.74. The molecule has 1 aliphatic heterocycles. The second-order valence-corrected chi connectivity index (χ2v) is 4.02. The van der Waals surface area contributed by atoms with E-state index < -0.39 is 6.10 Å². The van der Waals surface area contributed by atoms with Crippen molar-refractivity contribution in [1.29, 1.82) is 0 Å². The summed E-state index contributed by atoms with van der Waals surface area (Å²) in [5.74, 6) is 0. The molecule has 1 aromatic heterocycles. The van der Waals surface area contributed by atoms with Crippen molar-refractivity contribution < 1.29 is 9.52 Å². The number of furan rings is 1. The quantitative estimate of drug-likeness (QED) is 0.808. The Bertz CT molecular complexity index is 491. The maximum atomic E-state index is 10.2. The number of benzene rings is 1. The minimum atomic E-state index is -0.612. The Labute approximate surface area is 93.7 Å². The average molecular weight is 215 g/mol. The molecule has 1 unspecified atom stereocenters. The van der Waals surface area contributed by atoms with E-state index in [2.05, 4.69) is 11.4 Å². The van der Waals surface area contributed by atoms with E-state index in [-0.39, 0.29) is 0 Å². The normalized spacial score (nSPS) is 15.6. The van der Waals surface area contributed by atoms with Crippen LogP contribution in [0.25, 0.3) is 0 Å². The lowest BCUT2D eigenvalue weighted by Crippen LogP contribution is -2.02. The molecule has 0 aliphatic carbocycles. The fourth-order valence-corrected chi connectivity index (χ4v) is 2.20. The lowest BCUT2D eigenvalue weighted by atomic mass is 9.99. The lowest BCUT2D eigenvalue weighted by molar-refractivity contribution is 0.220. The fraction of sp³-hybridized carbons (Fsp3) is 0.231. The molecule has 0 radical (unpaired) electrons. The number of aliphatic hydroxyl groups excluding tert-OH is 1. The van der Waals surface area contributed by atoms with Crippen molar-refractivity contribution >= 4 is 5.69 Å². The Morgan fingerprint density at radius 3 is 3.06 bits per heavy atom. The first-order valence-electron chi connectivity index (χ1n) is 5.42. The maximum Gasteiger partial charge on any atom is 0.109 e. The summed E-state index contributed by atoms with van der Waals surface area (Å²) >= 11 is 0. The van der Waals surface area contributed by atoms with E-state index >= 15 is 0 Å². The third kappa shape index (κ3) is 1.41. The predicted molar refractivity (Wildman–Crippen MR) is 61.4 cm³/mol. The number of para-hydroxylation sites is 1. The van der Waals surface area contributed by atoms with Crippen LogP contribution in [0.15, 0.2) is 41.2 Å². The molecule has 82 valence electrons. The Morgan fingerprint density at radius 2 is 2.25 bits per heavy atom. The molecule has 3 nitrogen and oxygen atoms in total. The van der Waals surface area contributed by atoms with Crippen molar-refractivity contribution in [2.75, 3.05) is 11.9 Å². The molecule has 0 spiro atoms. The third-order valence-electron chi connectivity index (χ3n) is 3.03. The third-order valence-corrected chi connectivity index (χ3v) is 3.03. The molecular weight excluding hydrogens is 202 g/mol. The predicted octanol–water partition coefficient (Wildman–Crippen LogP) is 2.33. The Kier molecular flexibility index (Phi) is 2.18. The summed E-state index contributed by atoms with van der Waals surface area (Å²) in [4.78, 5) is 0. The standard InChI is InChI=1S/C13H13NO2/c15-13(10-5-7-16-8-10)11-3-1-2-9-4-6-14-12(9)11/h1-3,5,7-8,13-15H,4,6H2. The van der Waals surface area contributed by atoms with E-state index in [4.69, 9.17) is 4.42 Å². The van der Waals surface area contributed by atoms with Crippen molar-refractivity contribution in [1.82, 2.24) is 0 Å². The van der Waals surface area contributed by atoms with Gasteiger partial charge in [0.25, 0.3) is 0 Å². The Balaban J connectivity index is 2.04. The van der Waals surface area contributed by atoms with Crippen molar-refractivity contribution in [2.24, 2.45) is 0 Å². The summed E-state index contributed by atoms with van der Waals surface area (Å²) in [6.45, 7) is 0.949. The topological polar surface area (TPSA) is 45.4 Å². The molecule has 2 aromatic rings. The molecule has 3 heteroatoms. The van der Waals surface area contributed by atoms with Gasteiger partial charge in [-0.1, -0.05) is 18.2 Å². The summed E-state index contributed by atoms with van der Waals surface area (Å²) in [5, 5.41) is 13.6. The zero-order valence-corrected chi connectivity index (χ0v) is 8.81. The zero-order valence-electron chi connectivity index (χ0n) is 8.81. The lowest BCUT2D eigenvalue weighted by Gasteiger charge is -2.13. The van der Waals surface area contributed by atoms with E-state index in [9.17, 15) is 5.11 Å². The van der Waals surface area contributed by atoms with Crippen molar-refractivity contribution in [3.05, 3.63) is 53.5 Å². The number of hydrogen-bond acceptors (Lipinski definition) is 3. The van der Waals surface area contributed by atoms with Gasteiger partial charge in [-0.15, -0.1) is 0 Å². The van der Waals surface area contributed by atoms with Crippen LogP contribution in [0.3, 0.4) is 0 Å². The van der Waals surface area contributed by atoms with E-state index in [1.807, 2.05) is 12.1 Å². The SMILES string of the molecule is OC(c1ccoc1)c1cccc2c1NCC2. The summed E-state index contributed by atoms with van der Waals surface area (Å²) in [6.07, 6.45) is 3.58. The van der Waals surface area contributed by atoms with Gasteiger partial charge in [-0.05, 0) is 18.1 Å². The molecule has 0 amide bonds. The van der Waals surface area contributed by atoms with Crippen LogP contribution in [0.4, 0.5) is 5.69 Å². The van der Waals surface area contributed by atoms with Gasteiger partial charge in [0.05, 0.1) is 12.5 Å². The minimum Gasteiger partial charge on any atom is -0.472 e. The molecule has 0 saturated carbocycles. The second-order valence-electron chi connectivity index (χ2n) is 4.02. The molecule has 16 heavy (non-hydrogen) atoms. The van der Waals surface area contributed by atoms with Gasteiger partial charge in [-0.2, -0.15) is 0 Å². The van der Waals surface area contributed by atoms with Crippen molar-refractivity contribution in [3.8, 4) is 0 Å². The van der Waals surface area contributed by atoms with E-state index in [0.29, 0.717) is 0 Å². The molecule has 0 saturated heterocycles. The highest BCUT2D eigenvalue weighted by molar-refractivity contribution is 5.62. The first-order chi connectivity index (χ1) is 7.86. The first-order valence-corrected chi connectivity index (χ1v) is 5.42. The van der Waals surface area contributed by atoms with Gasteiger partial charge in [-0.3, -0.25) is 0 Å². The number of fused-ring (bicyclic) bond motifs is 1. The number of rotatable bonds is 2. The number of anilines is 1. The zero-order chi connectivity index (χ0) is 11.0. The number of hydrogen-bond donors (Lipinski definition) is 2. The van der Waals surface area contributed by atoms with Crippen LogP contribution < -0.4 is 5.32 Å². The van der Waals surface area contributed by atoms with Crippen LogP contribution in [-0.2, 0) is 6.42 Å². The van der Waals surface area contributed by atoms with Crippen LogP contribution in [0.2, 0.25) is 0 Å². The molecule has 1 atom stereocenters. The van der Waals surface area contributed by atoms with Crippen molar-refractivity contribution in [3.63, 3.8) is 0 Å². The summed E-state index contributed by atoms with van der Waals surface area (Å²) in [6, 6.07) is 7.83. The molecule has 0 bridgehead atoms. The van der Waals surface area contributed by atoms with Gasteiger partial charge in [0.2, 0.25) is 0 Å². The minimum absolute atomic E-state index is 0.612. The number of aliphatic hydroxyl groups is 1. The first kappa shape index (κ1) is 9.48. The van der Waals surface area contributed by atoms with Gasteiger partial charge in [0.1, 0.15) is 6.10 Å². The Morgan fingerprint density at radius 1 is 1.31 bits per heavy atom. The van der Waals surface area contributed by atoms with Crippen LogP contribution in [0.5, 0.6) is 0 Å². The molecule has 1 aliphatic rings. The van der Waals surface area contributed by atoms with Crippen LogP contribution in [0.1, 0.15) is 22.8 Å². The molecule has 2 heterocycles. The highest BCUT2D eigenvalue weighted by Crippen LogP contribution is 2.33. The van der Waals surface area contributed by atoms with Gasteiger partial charge in [0.15, 0.2) is 0 Å². The molecule has 3 rings (SSSR count). The second kappa shape index (κ2) is 3.68. The summed E-state index contributed by atoms with van der Waals surface area (Å²) < 4.78 is 5.00. The van der Waals surface area contributed by atoms with Gasteiger partial charge in [-0.25, -0.2) is 0 Å².